The molecule has 0 saturated carbocycles. The normalized spacial score (nSPS) is 17.0. The van der Waals surface area contributed by atoms with E-state index in [9.17, 15) is 0 Å². The molecule has 0 radical (unpaired) electrons. The molecule has 0 unspecified atom stereocenters. The highest BCUT2D eigenvalue weighted by Crippen LogP contribution is 2.23. The van der Waals surface area contributed by atoms with E-state index in [1.165, 1.54) is 133 Å². The van der Waals surface area contributed by atoms with Crippen LogP contribution in [0.25, 0.3) is 0 Å². The van der Waals surface area contributed by atoms with E-state index in [-0.39, 0.29) is 0 Å². The van der Waals surface area contributed by atoms with Crippen molar-refractivity contribution >= 4 is 0 Å². The average Bonchev–Trinajstić information content (AvgIpc) is 3.02. The minimum absolute atomic E-state index is 1.37. The second-order valence-corrected chi connectivity index (χ2v) is 8.19. The molecule has 0 N–H and O–H groups in total. The Morgan fingerprint density at radius 1 is 0.478 bits per heavy atom. The summed E-state index contributed by atoms with van der Waals surface area (Å²) in [5, 5.41) is 0. The molecule has 1 nitrogen and oxygen atoms in total. The van der Waals surface area contributed by atoms with E-state index in [1.54, 1.807) is 0 Å². The van der Waals surface area contributed by atoms with Gasteiger partial charge in [0.05, 0.1) is 26.2 Å². The van der Waals surface area contributed by atoms with Gasteiger partial charge in [0.25, 0.3) is 0 Å². The highest BCUT2D eigenvalue weighted by Gasteiger charge is 2.30. The van der Waals surface area contributed by atoms with Crippen LogP contribution in [0.1, 0.15) is 117 Å². The summed E-state index contributed by atoms with van der Waals surface area (Å²) in [7, 11) is 0. The standard InChI is InChI=1S/C22H46N/c1-3-5-7-9-10-11-12-13-14-16-20-23(21-17-18-22-23)19-15-8-6-4-2/h3-22H2,1-2H3/q+1. The van der Waals surface area contributed by atoms with Crippen molar-refractivity contribution in [2.75, 3.05) is 26.2 Å². The number of nitrogens with zero attached hydrogens (tertiary/aromatic N) is 1. The van der Waals surface area contributed by atoms with E-state index in [0.717, 1.165) is 0 Å². The van der Waals surface area contributed by atoms with Gasteiger partial charge in [-0.25, -0.2) is 0 Å². The Labute approximate surface area is 147 Å². The molecule has 0 spiro atoms. The van der Waals surface area contributed by atoms with Crippen LogP contribution in [0.5, 0.6) is 0 Å². The van der Waals surface area contributed by atoms with Crippen LogP contribution in [0.3, 0.4) is 0 Å². The Bertz CT molecular complexity index is 242. The zero-order valence-electron chi connectivity index (χ0n) is 16.6. The van der Waals surface area contributed by atoms with Gasteiger partial charge in [-0.05, 0) is 25.7 Å². The highest BCUT2D eigenvalue weighted by molar-refractivity contribution is 4.57. The summed E-state index contributed by atoms with van der Waals surface area (Å²) >= 11 is 0. The molecule has 0 aromatic heterocycles. The SMILES string of the molecule is CCCCCCCCCCCC[N+]1(CCCCCC)CCCC1. The molecule has 1 saturated heterocycles. The van der Waals surface area contributed by atoms with Crippen LogP contribution in [0, 0.1) is 0 Å². The number of hydrogen-bond acceptors (Lipinski definition) is 0. The fourth-order valence-electron chi connectivity index (χ4n) is 4.37. The Hall–Kier alpha value is -0.0400. The van der Waals surface area contributed by atoms with Crippen LogP contribution in [-0.2, 0) is 0 Å². The first-order chi connectivity index (χ1) is 11.3. The van der Waals surface area contributed by atoms with Crippen molar-refractivity contribution < 1.29 is 4.48 Å². The number of likely N-dealkylation sites (tertiary alicyclic amines) is 1. The molecule has 138 valence electrons. The molecule has 1 aliphatic rings. The van der Waals surface area contributed by atoms with Gasteiger partial charge >= 0.3 is 0 Å². The van der Waals surface area contributed by atoms with E-state index < -0.39 is 0 Å². The summed E-state index contributed by atoms with van der Waals surface area (Å²) in [4.78, 5) is 0. The maximum Gasteiger partial charge on any atom is 0.0788 e. The molecule has 0 amide bonds. The summed E-state index contributed by atoms with van der Waals surface area (Å²) in [6.45, 7) is 10.6. The molecular formula is C22H46N+. The molecule has 1 rings (SSSR count). The van der Waals surface area contributed by atoms with Crippen LogP contribution < -0.4 is 0 Å². The largest absolute Gasteiger partial charge is 0.324 e. The molecule has 1 aliphatic heterocycles. The van der Waals surface area contributed by atoms with Gasteiger partial charge in [-0.1, -0.05) is 78.1 Å². The van der Waals surface area contributed by atoms with Gasteiger partial charge in [0.2, 0.25) is 0 Å². The fraction of sp³-hybridized carbons (Fsp3) is 1.00. The minimum atomic E-state index is 1.37. The molecule has 0 bridgehead atoms. The van der Waals surface area contributed by atoms with E-state index in [0.29, 0.717) is 0 Å². The van der Waals surface area contributed by atoms with E-state index >= 15 is 0 Å². The Kier molecular flexibility index (Phi) is 13.1. The molecule has 23 heavy (non-hydrogen) atoms. The number of quaternary nitrogens is 1. The van der Waals surface area contributed by atoms with Gasteiger partial charge < -0.3 is 4.48 Å². The second-order valence-electron chi connectivity index (χ2n) is 8.19. The molecule has 1 heterocycles. The Balaban J connectivity index is 1.98. The molecule has 0 aromatic rings. The minimum Gasteiger partial charge on any atom is -0.324 e. The summed E-state index contributed by atoms with van der Waals surface area (Å²) in [5.74, 6) is 0. The van der Waals surface area contributed by atoms with E-state index in [4.69, 9.17) is 0 Å². The molecular weight excluding hydrogens is 278 g/mol. The van der Waals surface area contributed by atoms with Gasteiger partial charge in [-0.3, -0.25) is 0 Å². The molecule has 1 heteroatoms. The lowest BCUT2D eigenvalue weighted by atomic mass is 10.1. The highest BCUT2D eigenvalue weighted by atomic mass is 15.4. The lowest BCUT2D eigenvalue weighted by Gasteiger charge is -2.34. The third-order valence-electron chi connectivity index (χ3n) is 5.99. The predicted octanol–water partition coefficient (Wildman–Crippen LogP) is 7.10. The zero-order valence-corrected chi connectivity index (χ0v) is 16.6. The van der Waals surface area contributed by atoms with Crippen molar-refractivity contribution in [1.29, 1.82) is 0 Å². The average molecular weight is 325 g/mol. The second kappa shape index (κ2) is 14.3. The van der Waals surface area contributed by atoms with Gasteiger partial charge in [-0.15, -0.1) is 0 Å². The smallest absolute Gasteiger partial charge is 0.0788 e. The first kappa shape index (κ1) is 21.0. The maximum atomic E-state index is 2.32. The number of unbranched alkanes of at least 4 members (excludes halogenated alkanes) is 12. The van der Waals surface area contributed by atoms with Gasteiger partial charge in [0.1, 0.15) is 0 Å². The first-order valence-corrected chi connectivity index (χ1v) is 11.2. The van der Waals surface area contributed by atoms with Crippen molar-refractivity contribution in [3.05, 3.63) is 0 Å². The van der Waals surface area contributed by atoms with Crippen LogP contribution >= 0.6 is 0 Å². The Morgan fingerprint density at radius 2 is 0.826 bits per heavy atom. The fourth-order valence-corrected chi connectivity index (χ4v) is 4.37. The zero-order chi connectivity index (χ0) is 16.6. The van der Waals surface area contributed by atoms with Crippen molar-refractivity contribution in [2.24, 2.45) is 0 Å². The third-order valence-corrected chi connectivity index (χ3v) is 5.99. The predicted molar refractivity (Wildman–Crippen MR) is 105 cm³/mol. The van der Waals surface area contributed by atoms with E-state index in [1.807, 2.05) is 0 Å². The topological polar surface area (TPSA) is 0 Å². The lowest BCUT2D eigenvalue weighted by Crippen LogP contribution is -2.46. The van der Waals surface area contributed by atoms with Crippen molar-refractivity contribution in [1.82, 2.24) is 0 Å². The Morgan fingerprint density at radius 3 is 1.26 bits per heavy atom. The van der Waals surface area contributed by atoms with Crippen molar-refractivity contribution in [3.63, 3.8) is 0 Å². The summed E-state index contributed by atoms with van der Waals surface area (Å²) < 4.78 is 1.49. The monoisotopic (exact) mass is 324 g/mol. The van der Waals surface area contributed by atoms with Gasteiger partial charge in [0.15, 0.2) is 0 Å². The van der Waals surface area contributed by atoms with Crippen molar-refractivity contribution in [2.45, 2.75) is 117 Å². The van der Waals surface area contributed by atoms with Crippen LogP contribution in [0.15, 0.2) is 0 Å². The summed E-state index contributed by atoms with van der Waals surface area (Å²) in [6, 6.07) is 0. The molecule has 0 aliphatic carbocycles. The molecule has 0 aromatic carbocycles. The van der Waals surface area contributed by atoms with Crippen LogP contribution in [0.2, 0.25) is 0 Å². The molecule has 0 atom stereocenters. The quantitative estimate of drug-likeness (QED) is 0.210. The molecule has 1 fully saturated rings. The lowest BCUT2D eigenvalue weighted by molar-refractivity contribution is -0.917. The van der Waals surface area contributed by atoms with Gasteiger partial charge in [0, 0.05) is 12.8 Å². The van der Waals surface area contributed by atoms with Crippen LogP contribution in [0.4, 0.5) is 0 Å². The van der Waals surface area contributed by atoms with Gasteiger partial charge in [-0.2, -0.15) is 0 Å². The third kappa shape index (κ3) is 10.4. The summed E-state index contributed by atoms with van der Waals surface area (Å²) in [5.41, 5.74) is 0. The first-order valence-electron chi connectivity index (χ1n) is 11.2. The van der Waals surface area contributed by atoms with Crippen molar-refractivity contribution in [3.8, 4) is 0 Å². The summed E-state index contributed by atoms with van der Waals surface area (Å²) in [6.07, 6.45) is 23.4. The number of rotatable bonds is 16. The maximum absolute atomic E-state index is 2.32. The van der Waals surface area contributed by atoms with E-state index in [2.05, 4.69) is 13.8 Å². The van der Waals surface area contributed by atoms with Crippen LogP contribution in [-0.4, -0.2) is 30.7 Å². The number of hydrogen-bond donors (Lipinski definition) is 0.